The first-order valence-electron chi connectivity index (χ1n) is 5.55. The lowest BCUT2D eigenvalue weighted by molar-refractivity contribution is -0.385. The summed E-state index contributed by atoms with van der Waals surface area (Å²) >= 11 is 0. The van der Waals surface area contributed by atoms with Gasteiger partial charge >= 0.3 is 5.69 Å². The fourth-order valence-corrected chi connectivity index (χ4v) is 1.33. The van der Waals surface area contributed by atoms with Crippen LogP contribution in [0.5, 0.6) is 5.88 Å². The van der Waals surface area contributed by atoms with Gasteiger partial charge in [-0.25, -0.2) is 4.98 Å². The molecule has 18 heavy (non-hydrogen) atoms. The highest BCUT2D eigenvalue weighted by atomic mass is 16.6. The molecule has 0 fully saturated rings. The van der Waals surface area contributed by atoms with E-state index in [0.717, 1.165) is 6.42 Å². The standard InChI is InChI=1S/C10H16N4O4/c1-3-18-6-4-5-11-9-8(14(15)16)10(17-2)13-7-12-9/h7H,3-6H2,1-2H3,(H,11,12,13). The van der Waals surface area contributed by atoms with E-state index in [4.69, 9.17) is 9.47 Å². The maximum atomic E-state index is 10.9. The number of anilines is 1. The van der Waals surface area contributed by atoms with Crippen molar-refractivity contribution in [1.29, 1.82) is 0 Å². The van der Waals surface area contributed by atoms with Gasteiger partial charge in [0, 0.05) is 19.8 Å². The highest BCUT2D eigenvalue weighted by Crippen LogP contribution is 2.30. The van der Waals surface area contributed by atoms with Crippen LogP contribution in [0.3, 0.4) is 0 Å². The van der Waals surface area contributed by atoms with Crippen molar-refractivity contribution >= 4 is 11.5 Å². The average Bonchev–Trinajstić information content (AvgIpc) is 2.37. The van der Waals surface area contributed by atoms with E-state index >= 15 is 0 Å². The Morgan fingerprint density at radius 1 is 1.50 bits per heavy atom. The van der Waals surface area contributed by atoms with Gasteiger partial charge in [-0.05, 0) is 13.3 Å². The summed E-state index contributed by atoms with van der Waals surface area (Å²) in [4.78, 5) is 17.9. The largest absolute Gasteiger partial charge is 0.476 e. The van der Waals surface area contributed by atoms with Gasteiger partial charge in [0.15, 0.2) is 0 Å². The minimum absolute atomic E-state index is 0.0534. The molecule has 8 heteroatoms. The Kier molecular flexibility index (Phi) is 5.78. The van der Waals surface area contributed by atoms with Crippen molar-refractivity contribution in [3.63, 3.8) is 0 Å². The van der Waals surface area contributed by atoms with Crippen LogP contribution in [-0.4, -0.2) is 41.8 Å². The van der Waals surface area contributed by atoms with Crippen LogP contribution in [-0.2, 0) is 4.74 Å². The maximum absolute atomic E-state index is 10.9. The maximum Gasteiger partial charge on any atom is 0.372 e. The molecule has 1 heterocycles. The Hall–Kier alpha value is -1.96. The zero-order valence-corrected chi connectivity index (χ0v) is 10.4. The molecule has 0 aliphatic rings. The van der Waals surface area contributed by atoms with Crippen molar-refractivity contribution in [1.82, 2.24) is 9.97 Å². The van der Waals surface area contributed by atoms with Crippen molar-refractivity contribution in [2.75, 3.05) is 32.2 Å². The van der Waals surface area contributed by atoms with Gasteiger partial charge in [-0.2, -0.15) is 4.98 Å². The Bertz CT molecular complexity index is 399. The molecular formula is C10H16N4O4. The number of aromatic nitrogens is 2. The molecule has 1 N–H and O–H groups in total. The van der Waals surface area contributed by atoms with E-state index in [0.29, 0.717) is 19.8 Å². The molecule has 0 aliphatic heterocycles. The van der Waals surface area contributed by atoms with Crippen LogP contribution in [0.2, 0.25) is 0 Å². The normalized spacial score (nSPS) is 10.1. The van der Waals surface area contributed by atoms with Gasteiger partial charge in [0.25, 0.3) is 5.88 Å². The van der Waals surface area contributed by atoms with Crippen LogP contribution in [0.15, 0.2) is 6.33 Å². The molecule has 0 atom stereocenters. The molecule has 0 radical (unpaired) electrons. The second-order valence-electron chi connectivity index (χ2n) is 3.31. The monoisotopic (exact) mass is 256 g/mol. The molecule has 0 aliphatic carbocycles. The molecule has 0 bridgehead atoms. The summed E-state index contributed by atoms with van der Waals surface area (Å²) in [5, 5.41) is 13.8. The van der Waals surface area contributed by atoms with E-state index in [1.54, 1.807) is 0 Å². The molecule has 1 aromatic rings. The minimum atomic E-state index is -0.566. The van der Waals surface area contributed by atoms with Gasteiger partial charge in [0.1, 0.15) is 6.33 Å². The van der Waals surface area contributed by atoms with Gasteiger partial charge in [0.05, 0.1) is 12.0 Å². The van der Waals surface area contributed by atoms with Gasteiger partial charge in [0.2, 0.25) is 5.82 Å². The topological polar surface area (TPSA) is 99.4 Å². The molecule has 8 nitrogen and oxygen atoms in total. The Morgan fingerprint density at radius 3 is 2.89 bits per heavy atom. The van der Waals surface area contributed by atoms with Crippen molar-refractivity contribution in [3.8, 4) is 5.88 Å². The molecule has 0 saturated carbocycles. The number of hydrogen-bond acceptors (Lipinski definition) is 7. The van der Waals surface area contributed by atoms with Crippen LogP contribution in [0.4, 0.5) is 11.5 Å². The number of nitrogens with one attached hydrogen (secondary N) is 1. The third kappa shape index (κ3) is 3.81. The fraction of sp³-hybridized carbons (Fsp3) is 0.600. The first-order valence-corrected chi connectivity index (χ1v) is 5.55. The third-order valence-corrected chi connectivity index (χ3v) is 2.13. The molecule has 0 amide bonds. The first kappa shape index (κ1) is 14.1. The summed E-state index contributed by atoms with van der Waals surface area (Å²) in [6, 6.07) is 0. The summed E-state index contributed by atoms with van der Waals surface area (Å²) in [6.07, 6.45) is 1.95. The van der Waals surface area contributed by atoms with E-state index in [9.17, 15) is 10.1 Å². The van der Waals surface area contributed by atoms with E-state index < -0.39 is 4.92 Å². The SMILES string of the molecule is CCOCCCNc1ncnc(OC)c1[N+](=O)[O-]. The molecule has 1 aromatic heterocycles. The predicted octanol–water partition coefficient (Wildman–Crippen LogP) is 1.23. The Balaban J connectivity index is 2.67. The lowest BCUT2D eigenvalue weighted by Crippen LogP contribution is -2.10. The smallest absolute Gasteiger partial charge is 0.372 e. The molecule has 0 aromatic carbocycles. The number of hydrogen-bond donors (Lipinski definition) is 1. The van der Waals surface area contributed by atoms with Gasteiger partial charge in [-0.15, -0.1) is 0 Å². The predicted molar refractivity (Wildman–Crippen MR) is 64.8 cm³/mol. The van der Waals surface area contributed by atoms with Gasteiger partial charge in [-0.1, -0.05) is 0 Å². The number of ether oxygens (including phenoxy) is 2. The summed E-state index contributed by atoms with van der Waals surface area (Å²) in [5.41, 5.74) is -0.253. The summed E-state index contributed by atoms with van der Waals surface area (Å²) in [7, 11) is 1.33. The number of nitro groups is 1. The van der Waals surface area contributed by atoms with Crippen LogP contribution < -0.4 is 10.1 Å². The van der Waals surface area contributed by atoms with Gasteiger partial charge < -0.3 is 14.8 Å². The zero-order chi connectivity index (χ0) is 13.4. The van der Waals surface area contributed by atoms with Crippen LogP contribution in [0, 0.1) is 10.1 Å². The summed E-state index contributed by atoms with van der Waals surface area (Å²) in [5.74, 6) is 0.102. The molecule has 0 saturated heterocycles. The van der Waals surface area contributed by atoms with E-state index in [1.165, 1.54) is 13.4 Å². The molecule has 1 rings (SSSR count). The number of nitrogens with zero attached hydrogens (tertiary/aromatic N) is 3. The molecule has 100 valence electrons. The zero-order valence-electron chi connectivity index (χ0n) is 10.4. The molecule has 0 spiro atoms. The van der Waals surface area contributed by atoms with Crippen molar-refractivity contribution in [3.05, 3.63) is 16.4 Å². The third-order valence-electron chi connectivity index (χ3n) is 2.13. The van der Waals surface area contributed by atoms with Crippen LogP contribution in [0.1, 0.15) is 13.3 Å². The van der Waals surface area contributed by atoms with E-state index in [2.05, 4.69) is 15.3 Å². The number of rotatable bonds is 8. The van der Waals surface area contributed by atoms with E-state index in [-0.39, 0.29) is 17.4 Å². The van der Waals surface area contributed by atoms with Crippen molar-refractivity contribution in [2.45, 2.75) is 13.3 Å². The lowest BCUT2D eigenvalue weighted by Gasteiger charge is -2.07. The van der Waals surface area contributed by atoms with Crippen LogP contribution in [0.25, 0.3) is 0 Å². The highest BCUT2D eigenvalue weighted by Gasteiger charge is 2.23. The first-order chi connectivity index (χ1) is 8.70. The quantitative estimate of drug-likeness (QED) is 0.424. The molecular weight excluding hydrogens is 240 g/mol. The molecule has 0 unspecified atom stereocenters. The average molecular weight is 256 g/mol. The number of methoxy groups -OCH3 is 1. The second kappa shape index (κ2) is 7.38. The fourth-order valence-electron chi connectivity index (χ4n) is 1.33. The van der Waals surface area contributed by atoms with Crippen molar-refractivity contribution in [2.24, 2.45) is 0 Å². The Morgan fingerprint density at radius 2 is 2.28 bits per heavy atom. The summed E-state index contributed by atoms with van der Waals surface area (Å²) in [6.45, 7) is 3.69. The van der Waals surface area contributed by atoms with Crippen molar-refractivity contribution < 1.29 is 14.4 Å². The second-order valence-corrected chi connectivity index (χ2v) is 3.31. The minimum Gasteiger partial charge on any atom is -0.476 e. The van der Waals surface area contributed by atoms with Crippen LogP contribution >= 0.6 is 0 Å². The highest BCUT2D eigenvalue weighted by molar-refractivity contribution is 5.60. The van der Waals surface area contributed by atoms with Gasteiger partial charge in [-0.3, -0.25) is 10.1 Å². The van der Waals surface area contributed by atoms with E-state index in [1.807, 2.05) is 6.92 Å². The Labute approximate surface area is 104 Å². The lowest BCUT2D eigenvalue weighted by atomic mass is 10.4. The summed E-state index contributed by atoms with van der Waals surface area (Å²) < 4.78 is 10.00.